The van der Waals surface area contributed by atoms with Crippen LogP contribution in [-0.2, 0) is 0 Å². The van der Waals surface area contributed by atoms with E-state index in [4.69, 9.17) is 5.11 Å². The van der Waals surface area contributed by atoms with Crippen molar-refractivity contribution in [3.8, 4) is 0 Å². The highest BCUT2D eigenvalue weighted by molar-refractivity contribution is 4.89. The summed E-state index contributed by atoms with van der Waals surface area (Å²) in [5, 5.41) is 21.3. The number of aliphatic hydroxyl groups is 2. The molecular formula is C11H22N2O2. The molecule has 2 fully saturated rings. The zero-order chi connectivity index (χ0) is 10.7. The molecule has 3 atom stereocenters. The summed E-state index contributed by atoms with van der Waals surface area (Å²) in [6.45, 7) is 2.84. The van der Waals surface area contributed by atoms with E-state index in [1.54, 1.807) is 0 Å². The van der Waals surface area contributed by atoms with Crippen LogP contribution in [0.1, 0.15) is 25.7 Å². The smallest absolute Gasteiger partial charge is 0.0895 e. The van der Waals surface area contributed by atoms with Gasteiger partial charge in [0.2, 0.25) is 0 Å². The lowest BCUT2D eigenvalue weighted by molar-refractivity contribution is 0.0853. The molecular weight excluding hydrogens is 192 g/mol. The lowest BCUT2D eigenvalue weighted by atomic mass is 9.97. The molecule has 0 aliphatic carbocycles. The number of aliphatic hydroxyl groups excluding tert-OH is 2. The molecule has 0 saturated carbocycles. The average Bonchev–Trinajstić information content (AvgIpc) is 2.72. The summed E-state index contributed by atoms with van der Waals surface area (Å²) < 4.78 is 0. The Labute approximate surface area is 91.3 Å². The van der Waals surface area contributed by atoms with Gasteiger partial charge in [-0.3, -0.25) is 0 Å². The lowest BCUT2D eigenvalue weighted by Crippen LogP contribution is -2.47. The highest BCUT2D eigenvalue weighted by Gasteiger charge is 2.31. The molecule has 0 spiro atoms. The van der Waals surface area contributed by atoms with Gasteiger partial charge in [-0.15, -0.1) is 0 Å². The van der Waals surface area contributed by atoms with E-state index < -0.39 is 6.10 Å². The van der Waals surface area contributed by atoms with E-state index >= 15 is 0 Å². The van der Waals surface area contributed by atoms with Gasteiger partial charge < -0.3 is 20.4 Å². The monoisotopic (exact) mass is 214 g/mol. The highest BCUT2D eigenvalue weighted by atomic mass is 16.3. The molecule has 15 heavy (non-hydrogen) atoms. The van der Waals surface area contributed by atoms with Gasteiger partial charge in [-0.1, -0.05) is 0 Å². The Hall–Kier alpha value is -0.160. The SMILES string of the molecule is OC[C@@H](O)CNC1CCN2CCCC2C1. The Morgan fingerprint density at radius 1 is 1.33 bits per heavy atom. The minimum atomic E-state index is -0.605. The minimum Gasteiger partial charge on any atom is -0.394 e. The van der Waals surface area contributed by atoms with Crippen LogP contribution in [0.4, 0.5) is 0 Å². The lowest BCUT2D eigenvalue weighted by Gasteiger charge is -2.35. The van der Waals surface area contributed by atoms with Crippen molar-refractivity contribution >= 4 is 0 Å². The number of hydrogen-bond acceptors (Lipinski definition) is 4. The van der Waals surface area contributed by atoms with Crippen molar-refractivity contribution < 1.29 is 10.2 Å². The van der Waals surface area contributed by atoms with E-state index in [0.29, 0.717) is 12.6 Å². The van der Waals surface area contributed by atoms with Crippen LogP contribution in [-0.4, -0.2) is 59.5 Å². The fourth-order valence-corrected chi connectivity index (χ4v) is 2.78. The first kappa shape index (κ1) is 11.3. The Kier molecular flexibility index (Phi) is 3.97. The largest absolute Gasteiger partial charge is 0.394 e. The van der Waals surface area contributed by atoms with E-state index in [0.717, 1.165) is 6.04 Å². The summed E-state index contributed by atoms with van der Waals surface area (Å²) in [5.74, 6) is 0. The predicted octanol–water partition coefficient (Wildman–Crippen LogP) is -0.444. The van der Waals surface area contributed by atoms with Crippen molar-refractivity contribution in [2.45, 2.75) is 43.9 Å². The molecule has 2 rings (SSSR count). The maximum Gasteiger partial charge on any atom is 0.0895 e. The van der Waals surface area contributed by atoms with Crippen molar-refractivity contribution in [1.82, 2.24) is 10.2 Å². The topological polar surface area (TPSA) is 55.7 Å². The second-order valence-electron chi connectivity index (χ2n) is 4.80. The summed E-state index contributed by atoms with van der Waals surface area (Å²) in [6.07, 6.45) is 4.45. The van der Waals surface area contributed by atoms with Gasteiger partial charge in [-0.25, -0.2) is 0 Å². The standard InChI is InChI=1S/C11H22N2O2/c14-8-11(15)7-12-9-3-5-13-4-1-2-10(13)6-9/h9-12,14-15H,1-8H2/t9?,10?,11-/m0/s1. The van der Waals surface area contributed by atoms with E-state index in [-0.39, 0.29) is 6.61 Å². The first-order valence-corrected chi connectivity index (χ1v) is 6.06. The summed E-state index contributed by atoms with van der Waals surface area (Å²) in [6, 6.07) is 1.30. The molecule has 2 aliphatic heterocycles. The van der Waals surface area contributed by atoms with Gasteiger partial charge >= 0.3 is 0 Å². The Bertz CT molecular complexity index is 201. The number of rotatable bonds is 4. The van der Waals surface area contributed by atoms with Crippen LogP contribution >= 0.6 is 0 Å². The Morgan fingerprint density at radius 3 is 3.00 bits per heavy atom. The number of hydrogen-bond donors (Lipinski definition) is 3. The van der Waals surface area contributed by atoms with Gasteiger partial charge in [0.1, 0.15) is 0 Å². The average molecular weight is 214 g/mol. The molecule has 4 nitrogen and oxygen atoms in total. The van der Waals surface area contributed by atoms with Crippen molar-refractivity contribution in [3.05, 3.63) is 0 Å². The summed E-state index contributed by atoms with van der Waals surface area (Å²) in [5.41, 5.74) is 0. The quantitative estimate of drug-likeness (QED) is 0.594. The molecule has 88 valence electrons. The van der Waals surface area contributed by atoms with E-state index in [9.17, 15) is 5.11 Å². The molecule has 2 heterocycles. The van der Waals surface area contributed by atoms with Gasteiger partial charge in [0.15, 0.2) is 0 Å². The van der Waals surface area contributed by atoms with Crippen molar-refractivity contribution in [1.29, 1.82) is 0 Å². The molecule has 0 aromatic carbocycles. The molecule has 0 radical (unpaired) electrons. The Morgan fingerprint density at radius 2 is 2.20 bits per heavy atom. The van der Waals surface area contributed by atoms with Crippen molar-refractivity contribution in [2.75, 3.05) is 26.2 Å². The Balaban J connectivity index is 1.71. The molecule has 0 bridgehead atoms. The third-order valence-electron chi connectivity index (χ3n) is 3.67. The normalized spacial score (nSPS) is 34.0. The fourth-order valence-electron chi connectivity index (χ4n) is 2.78. The molecule has 4 heteroatoms. The van der Waals surface area contributed by atoms with E-state index in [2.05, 4.69) is 10.2 Å². The second kappa shape index (κ2) is 5.25. The highest BCUT2D eigenvalue weighted by Crippen LogP contribution is 2.26. The zero-order valence-electron chi connectivity index (χ0n) is 9.23. The van der Waals surface area contributed by atoms with Crippen LogP contribution in [0.3, 0.4) is 0 Å². The summed E-state index contributed by atoms with van der Waals surface area (Å²) in [7, 11) is 0. The molecule has 2 aliphatic rings. The van der Waals surface area contributed by atoms with E-state index in [1.165, 1.54) is 38.8 Å². The summed E-state index contributed by atoms with van der Waals surface area (Å²) >= 11 is 0. The molecule has 2 saturated heterocycles. The first-order valence-electron chi connectivity index (χ1n) is 6.06. The molecule has 0 amide bonds. The van der Waals surface area contributed by atoms with Crippen LogP contribution < -0.4 is 5.32 Å². The minimum absolute atomic E-state index is 0.144. The maximum atomic E-state index is 9.25. The van der Waals surface area contributed by atoms with Crippen molar-refractivity contribution in [2.24, 2.45) is 0 Å². The second-order valence-corrected chi connectivity index (χ2v) is 4.80. The molecule has 0 aromatic heterocycles. The van der Waals surface area contributed by atoms with Gasteiger partial charge in [0.25, 0.3) is 0 Å². The van der Waals surface area contributed by atoms with Crippen LogP contribution in [0.5, 0.6) is 0 Å². The first-order chi connectivity index (χ1) is 7.29. The van der Waals surface area contributed by atoms with Gasteiger partial charge in [0, 0.05) is 18.6 Å². The van der Waals surface area contributed by atoms with Gasteiger partial charge in [0.05, 0.1) is 12.7 Å². The maximum absolute atomic E-state index is 9.25. The number of nitrogens with one attached hydrogen (secondary N) is 1. The number of nitrogens with zero attached hydrogens (tertiary/aromatic N) is 1. The zero-order valence-corrected chi connectivity index (χ0v) is 9.23. The molecule has 2 unspecified atom stereocenters. The number of piperidine rings is 1. The third kappa shape index (κ3) is 2.91. The van der Waals surface area contributed by atoms with Crippen molar-refractivity contribution in [3.63, 3.8) is 0 Å². The predicted molar refractivity (Wildman–Crippen MR) is 58.7 cm³/mol. The van der Waals surface area contributed by atoms with E-state index in [1.807, 2.05) is 0 Å². The van der Waals surface area contributed by atoms with Gasteiger partial charge in [-0.05, 0) is 38.8 Å². The van der Waals surface area contributed by atoms with Crippen LogP contribution in [0, 0.1) is 0 Å². The van der Waals surface area contributed by atoms with Crippen LogP contribution in [0.15, 0.2) is 0 Å². The summed E-state index contributed by atoms with van der Waals surface area (Å²) in [4.78, 5) is 2.58. The molecule has 0 aromatic rings. The van der Waals surface area contributed by atoms with Crippen LogP contribution in [0.25, 0.3) is 0 Å². The fraction of sp³-hybridized carbons (Fsp3) is 1.00. The third-order valence-corrected chi connectivity index (χ3v) is 3.67. The van der Waals surface area contributed by atoms with Gasteiger partial charge in [-0.2, -0.15) is 0 Å². The number of fused-ring (bicyclic) bond motifs is 1. The van der Waals surface area contributed by atoms with Crippen LogP contribution in [0.2, 0.25) is 0 Å². The molecule has 3 N–H and O–H groups in total.